The summed E-state index contributed by atoms with van der Waals surface area (Å²) in [5.41, 5.74) is 6.76. The zero-order chi connectivity index (χ0) is 21.7. The summed E-state index contributed by atoms with van der Waals surface area (Å²) in [6.45, 7) is 12.3. The van der Waals surface area contributed by atoms with Crippen LogP contribution in [-0.2, 0) is 4.79 Å². The molecule has 1 N–H and O–H groups in total. The lowest BCUT2D eigenvalue weighted by atomic mass is 10.1. The van der Waals surface area contributed by atoms with E-state index in [-0.39, 0.29) is 17.3 Å². The molecule has 0 spiro atoms. The maximum absolute atomic E-state index is 12.7. The number of hydrogen-bond donors (Lipinski definition) is 1. The van der Waals surface area contributed by atoms with Crippen LogP contribution in [0, 0.1) is 39.0 Å². The third-order valence-electron chi connectivity index (χ3n) is 5.34. The lowest BCUT2D eigenvalue weighted by Crippen LogP contribution is -2.35. The molecule has 1 amide bonds. The molecule has 0 fully saturated rings. The van der Waals surface area contributed by atoms with Gasteiger partial charge in [-0.3, -0.25) is 10.2 Å². The lowest BCUT2D eigenvalue weighted by molar-refractivity contribution is -0.114. The predicted octanol–water partition coefficient (Wildman–Crippen LogP) is 4.99. The van der Waals surface area contributed by atoms with Gasteiger partial charge in [0.2, 0.25) is 5.17 Å². The zero-order valence-corrected chi connectivity index (χ0v) is 18.9. The van der Waals surface area contributed by atoms with E-state index >= 15 is 0 Å². The molecule has 1 aromatic heterocycles. The van der Waals surface area contributed by atoms with E-state index in [1.807, 2.05) is 26.8 Å². The minimum Gasteiger partial charge on any atom is -0.318 e. The van der Waals surface area contributed by atoms with Crippen molar-refractivity contribution >= 4 is 39.8 Å². The van der Waals surface area contributed by atoms with E-state index < -0.39 is 5.91 Å². The fourth-order valence-corrected chi connectivity index (χ4v) is 4.55. The number of thioether (sulfide) groups is 1. The Morgan fingerprint density at radius 3 is 2.57 bits per heavy atom. The van der Waals surface area contributed by atoms with Crippen LogP contribution in [0.4, 0.5) is 0 Å². The Morgan fingerprint density at radius 2 is 1.87 bits per heavy atom. The molecule has 6 nitrogen and oxygen atoms in total. The van der Waals surface area contributed by atoms with Gasteiger partial charge in [-0.15, -0.1) is 0 Å². The largest absolute Gasteiger partial charge is 0.318 e. The summed E-state index contributed by atoms with van der Waals surface area (Å²) in [5.74, 6) is -0.102. The van der Waals surface area contributed by atoms with Gasteiger partial charge >= 0.3 is 0 Å². The number of amidine groups is 2. The van der Waals surface area contributed by atoms with Gasteiger partial charge < -0.3 is 4.57 Å². The van der Waals surface area contributed by atoms with Gasteiger partial charge in [0.1, 0.15) is 5.04 Å². The molecule has 0 unspecified atom stereocenters. The number of hydrazone groups is 1. The van der Waals surface area contributed by atoms with Crippen molar-refractivity contribution in [1.82, 2.24) is 9.58 Å². The maximum Gasteiger partial charge on any atom is 0.283 e. The molecule has 30 heavy (non-hydrogen) atoms. The van der Waals surface area contributed by atoms with Crippen molar-refractivity contribution in [1.29, 1.82) is 5.41 Å². The van der Waals surface area contributed by atoms with Crippen molar-refractivity contribution in [3.63, 3.8) is 0 Å². The van der Waals surface area contributed by atoms with E-state index in [0.29, 0.717) is 5.17 Å². The van der Waals surface area contributed by atoms with E-state index in [9.17, 15) is 4.79 Å². The lowest BCUT2D eigenvalue weighted by Gasteiger charge is -2.20. The van der Waals surface area contributed by atoms with E-state index in [1.165, 1.54) is 27.9 Å². The van der Waals surface area contributed by atoms with Crippen LogP contribution in [0.15, 0.2) is 39.9 Å². The summed E-state index contributed by atoms with van der Waals surface area (Å²) in [6.07, 6.45) is 1.77. The van der Waals surface area contributed by atoms with Crippen LogP contribution in [0.1, 0.15) is 41.9 Å². The second-order valence-electron chi connectivity index (χ2n) is 8.06. The predicted molar refractivity (Wildman–Crippen MR) is 125 cm³/mol. The fraction of sp³-hybridized carbons (Fsp3) is 0.304. The Labute approximate surface area is 180 Å². The molecular formula is C23H25N5OS. The molecule has 0 bridgehead atoms. The fourth-order valence-electron chi connectivity index (χ4n) is 3.66. The zero-order valence-electron chi connectivity index (χ0n) is 18.1. The first-order valence-corrected chi connectivity index (χ1v) is 10.8. The highest BCUT2D eigenvalue weighted by Gasteiger charge is 2.36. The van der Waals surface area contributed by atoms with Crippen LogP contribution in [0.3, 0.4) is 0 Å². The highest BCUT2D eigenvalue weighted by molar-refractivity contribution is 8.27. The third kappa shape index (κ3) is 3.33. The van der Waals surface area contributed by atoms with E-state index in [0.717, 1.165) is 27.7 Å². The number of benzene rings is 1. The molecule has 4 rings (SSSR count). The van der Waals surface area contributed by atoms with Gasteiger partial charge in [0.05, 0.1) is 5.57 Å². The molecule has 0 saturated carbocycles. The van der Waals surface area contributed by atoms with Crippen molar-refractivity contribution in [2.24, 2.45) is 16.0 Å². The Bertz CT molecular complexity index is 1180. The number of aliphatic imine (C=N–C) groups is 1. The molecule has 0 radical (unpaired) electrons. The summed E-state index contributed by atoms with van der Waals surface area (Å²) in [7, 11) is 0. The maximum atomic E-state index is 12.7. The summed E-state index contributed by atoms with van der Waals surface area (Å²) in [4.78, 5) is 16.9. The number of aromatic nitrogens is 1. The number of hydrogen-bond acceptors (Lipinski definition) is 4. The smallest absolute Gasteiger partial charge is 0.283 e. The molecule has 3 heterocycles. The van der Waals surface area contributed by atoms with Gasteiger partial charge in [-0.05, 0) is 74.4 Å². The van der Waals surface area contributed by atoms with Crippen molar-refractivity contribution in [2.45, 2.75) is 41.5 Å². The Kier molecular flexibility index (Phi) is 5.02. The minimum absolute atomic E-state index is 0.0738. The Hall–Kier alpha value is -2.93. The quantitative estimate of drug-likeness (QED) is 0.713. The van der Waals surface area contributed by atoms with Gasteiger partial charge in [-0.1, -0.05) is 26.0 Å². The van der Waals surface area contributed by atoms with Crippen molar-refractivity contribution < 1.29 is 4.79 Å². The normalized spacial score (nSPS) is 17.7. The molecule has 1 aromatic carbocycles. The first-order chi connectivity index (χ1) is 14.2. The van der Waals surface area contributed by atoms with Crippen LogP contribution in [-0.4, -0.2) is 31.5 Å². The number of carbonyl (C=O) groups is 1. The number of nitrogens with one attached hydrogen (secondary N) is 1. The van der Waals surface area contributed by atoms with Crippen LogP contribution < -0.4 is 0 Å². The molecule has 154 valence electrons. The molecule has 2 aliphatic rings. The number of rotatable bonds is 3. The van der Waals surface area contributed by atoms with Gasteiger partial charge in [0.25, 0.3) is 5.91 Å². The number of amides is 1. The summed E-state index contributed by atoms with van der Waals surface area (Å²) in [6, 6.07) is 8.44. The highest BCUT2D eigenvalue weighted by atomic mass is 32.2. The highest BCUT2D eigenvalue weighted by Crippen LogP contribution is 2.32. The molecule has 0 aliphatic carbocycles. The molecule has 0 atom stereocenters. The first-order valence-electron chi connectivity index (χ1n) is 9.94. The second-order valence-corrected chi connectivity index (χ2v) is 9.05. The SMILES string of the molecule is Cc1ccc(C)c(-n2c(C)cc(C=C3C(=N)N4N=C(C(C)C)SC4=NC3=O)c2C)c1. The Morgan fingerprint density at radius 1 is 1.13 bits per heavy atom. The van der Waals surface area contributed by atoms with Gasteiger partial charge in [-0.2, -0.15) is 15.1 Å². The van der Waals surface area contributed by atoms with Crippen molar-refractivity contribution in [2.75, 3.05) is 0 Å². The molecular weight excluding hydrogens is 394 g/mol. The van der Waals surface area contributed by atoms with Crippen LogP contribution >= 0.6 is 11.8 Å². The van der Waals surface area contributed by atoms with Crippen LogP contribution in [0.2, 0.25) is 0 Å². The molecule has 0 saturated heterocycles. The van der Waals surface area contributed by atoms with E-state index in [4.69, 9.17) is 5.41 Å². The Balaban J connectivity index is 1.77. The van der Waals surface area contributed by atoms with Crippen LogP contribution in [0.5, 0.6) is 0 Å². The average Bonchev–Trinajstić information content (AvgIpc) is 3.22. The molecule has 2 aromatic rings. The third-order valence-corrected chi connectivity index (χ3v) is 6.55. The standard InChI is InChI=1S/C23H25N5OS/c1-12(2)22-26-28-20(24)18(21(29)25-23(28)30-22)11-17-10-15(5)27(16(17)6)19-9-13(3)7-8-14(19)4/h7-12,24H,1-6H3. The van der Waals surface area contributed by atoms with E-state index in [2.05, 4.69) is 53.6 Å². The number of nitrogens with zero attached hydrogens (tertiary/aromatic N) is 4. The number of carbonyl (C=O) groups excluding carboxylic acids is 1. The summed E-state index contributed by atoms with van der Waals surface area (Å²) in [5, 5.41) is 15.9. The van der Waals surface area contributed by atoms with Crippen molar-refractivity contribution in [3.8, 4) is 5.69 Å². The van der Waals surface area contributed by atoms with Crippen LogP contribution in [0.25, 0.3) is 11.8 Å². The monoisotopic (exact) mass is 419 g/mol. The topological polar surface area (TPSA) is 73.8 Å². The number of aryl methyl sites for hydroxylation is 3. The van der Waals surface area contributed by atoms with E-state index in [1.54, 1.807) is 6.08 Å². The first kappa shape index (κ1) is 20.3. The van der Waals surface area contributed by atoms with Gasteiger partial charge in [0, 0.05) is 23.0 Å². The van der Waals surface area contributed by atoms with Gasteiger partial charge in [0.15, 0.2) is 5.84 Å². The van der Waals surface area contributed by atoms with Crippen molar-refractivity contribution in [3.05, 3.63) is 57.9 Å². The van der Waals surface area contributed by atoms with Gasteiger partial charge in [-0.25, -0.2) is 0 Å². The average molecular weight is 420 g/mol. The summed E-state index contributed by atoms with van der Waals surface area (Å²) >= 11 is 1.36. The minimum atomic E-state index is -0.393. The molecule has 7 heteroatoms. The molecule has 2 aliphatic heterocycles. The number of fused-ring (bicyclic) bond motifs is 1. The second kappa shape index (κ2) is 7.40. The summed E-state index contributed by atoms with van der Waals surface area (Å²) < 4.78 is 2.20.